The van der Waals surface area contributed by atoms with Gasteiger partial charge in [-0.15, -0.1) is 0 Å². The molecule has 3 heteroatoms. The Hall–Kier alpha value is -0.570. The minimum atomic E-state index is -1.09. The average Bonchev–Trinajstić information content (AvgIpc) is 1.35. The van der Waals surface area contributed by atoms with Crippen LogP contribution in [0.3, 0.4) is 0 Å². The van der Waals surface area contributed by atoms with Crippen molar-refractivity contribution in [2.45, 2.75) is 6.42 Å². The van der Waals surface area contributed by atoms with Gasteiger partial charge in [-0.25, -0.2) is 9.90 Å². The maximum atomic E-state index is 9.41. The standard InChI is InChI=1S/C3H6NO2/c4-2-1-3(5)6/h1-2,4H2. The molecule has 2 N–H and O–H groups in total. The lowest BCUT2D eigenvalue weighted by molar-refractivity contribution is -0.142. The minimum absolute atomic E-state index is 0.0417. The highest BCUT2D eigenvalue weighted by Gasteiger charge is 1.91. The lowest BCUT2D eigenvalue weighted by Crippen LogP contribution is -2.04. The molecule has 35 valence electrons. The van der Waals surface area contributed by atoms with Crippen LogP contribution in [0.5, 0.6) is 0 Å². The zero-order chi connectivity index (χ0) is 4.99. The van der Waals surface area contributed by atoms with Crippen LogP contribution in [0.4, 0.5) is 0 Å². The SMILES string of the molecule is NCCC([O])=O. The maximum absolute atomic E-state index is 9.41. The molecule has 0 aliphatic carbocycles. The Labute approximate surface area is 35.8 Å². The highest BCUT2D eigenvalue weighted by molar-refractivity contribution is 5.66. The first kappa shape index (κ1) is 5.43. The summed E-state index contributed by atoms with van der Waals surface area (Å²) >= 11 is 0. The topological polar surface area (TPSA) is 63.0 Å². The Balaban J connectivity index is 2.83. The van der Waals surface area contributed by atoms with Gasteiger partial charge in [-0.3, -0.25) is 0 Å². The first-order valence-corrected chi connectivity index (χ1v) is 1.67. The molecule has 0 fully saturated rings. The van der Waals surface area contributed by atoms with E-state index in [4.69, 9.17) is 5.73 Å². The zero-order valence-corrected chi connectivity index (χ0v) is 3.31. The van der Waals surface area contributed by atoms with E-state index in [1.807, 2.05) is 0 Å². The second-order valence-electron chi connectivity index (χ2n) is 0.911. The Kier molecular flexibility index (Phi) is 2.40. The molecule has 0 saturated carbocycles. The van der Waals surface area contributed by atoms with E-state index in [9.17, 15) is 9.90 Å². The van der Waals surface area contributed by atoms with E-state index in [-0.39, 0.29) is 13.0 Å². The summed E-state index contributed by atoms with van der Waals surface area (Å²) in [5.74, 6) is -1.09. The third-order valence-electron chi connectivity index (χ3n) is 0.348. The predicted molar refractivity (Wildman–Crippen MR) is 19.4 cm³/mol. The van der Waals surface area contributed by atoms with Crippen LogP contribution in [-0.2, 0) is 9.90 Å². The average molecular weight is 88.1 g/mol. The molecule has 0 aromatic carbocycles. The van der Waals surface area contributed by atoms with E-state index in [0.29, 0.717) is 0 Å². The molecule has 0 atom stereocenters. The Morgan fingerprint density at radius 2 is 2.17 bits per heavy atom. The molecule has 0 amide bonds. The van der Waals surface area contributed by atoms with Crippen molar-refractivity contribution in [3.05, 3.63) is 0 Å². The summed E-state index contributed by atoms with van der Waals surface area (Å²) in [6.45, 7) is 0.169. The lowest BCUT2D eigenvalue weighted by Gasteiger charge is -1.76. The van der Waals surface area contributed by atoms with Gasteiger partial charge in [0.05, 0.1) is 6.42 Å². The number of hydrogen-bond donors (Lipinski definition) is 1. The minimum Gasteiger partial charge on any atom is -0.330 e. The number of hydrogen-bond acceptors (Lipinski definition) is 2. The van der Waals surface area contributed by atoms with E-state index >= 15 is 0 Å². The van der Waals surface area contributed by atoms with Gasteiger partial charge in [-0.05, 0) is 0 Å². The molecule has 0 aromatic rings. The van der Waals surface area contributed by atoms with Crippen LogP contribution in [0.15, 0.2) is 0 Å². The Bertz CT molecular complexity index is 52.8. The van der Waals surface area contributed by atoms with Gasteiger partial charge in [0.15, 0.2) is 0 Å². The largest absolute Gasteiger partial charge is 0.356 e. The van der Waals surface area contributed by atoms with E-state index in [1.165, 1.54) is 0 Å². The van der Waals surface area contributed by atoms with Gasteiger partial charge < -0.3 is 5.73 Å². The van der Waals surface area contributed by atoms with Crippen LogP contribution in [-0.4, -0.2) is 12.5 Å². The van der Waals surface area contributed by atoms with Gasteiger partial charge in [0.2, 0.25) is 0 Å². The van der Waals surface area contributed by atoms with Gasteiger partial charge in [-0.1, -0.05) is 0 Å². The van der Waals surface area contributed by atoms with Gasteiger partial charge in [0.25, 0.3) is 0 Å². The maximum Gasteiger partial charge on any atom is 0.356 e. The van der Waals surface area contributed by atoms with Crippen LogP contribution in [0.2, 0.25) is 0 Å². The summed E-state index contributed by atoms with van der Waals surface area (Å²) in [5, 5.41) is 9.41. The molecule has 0 aliphatic heterocycles. The van der Waals surface area contributed by atoms with Crippen molar-refractivity contribution in [2.75, 3.05) is 6.54 Å². The van der Waals surface area contributed by atoms with Crippen molar-refractivity contribution in [1.29, 1.82) is 0 Å². The summed E-state index contributed by atoms with van der Waals surface area (Å²) in [7, 11) is 0. The third-order valence-corrected chi connectivity index (χ3v) is 0.348. The molecule has 6 heavy (non-hydrogen) atoms. The molecule has 0 unspecified atom stereocenters. The molecular weight excluding hydrogens is 82.0 g/mol. The Morgan fingerprint density at radius 1 is 1.67 bits per heavy atom. The summed E-state index contributed by atoms with van der Waals surface area (Å²) in [6, 6.07) is 0. The number of rotatable bonds is 2. The van der Waals surface area contributed by atoms with Crippen LogP contribution < -0.4 is 5.73 Å². The van der Waals surface area contributed by atoms with Crippen molar-refractivity contribution in [3.63, 3.8) is 0 Å². The van der Waals surface area contributed by atoms with E-state index in [2.05, 4.69) is 0 Å². The van der Waals surface area contributed by atoms with Crippen LogP contribution in [0, 0.1) is 0 Å². The fourth-order valence-corrected chi connectivity index (χ4v) is 0.118. The molecule has 0 rings (SSSR count). The second-order valence-corrected chi connectivity index (χ2v) is 0.911. The van der Waals surface area contributed by atoms with Crippen molar-refractivity contribution in [2.24, 2.45) is 5.73 Å². The van der Waals surface area contributed by atoms with E-state index in [0.717, 1.165) is 0 Å². The summed E-state index contributed by atoms with van der Waals surface area (Å²) in [5.41, 5.74) is 4.81. The zero-order valence-electron chi connectivity index (χ0n) is 3.31. The number of carbonyl (C=O) groups is 1. The molecule has 0 heterocycles. The molecular formula is C3H6NO2. The molecule has 0 saturated heterocycles. The fraction of sp³-hybridized carbons (Fsp3) is 0.667. The Morgan fingerprint density at radius 3 is 2.17 bits per heavy atom. The smallest absolute Gasteiger partial charge is 0.330 e. The van der Waals surface area contributed by atoms with Crippen LogP contribution in [0.25, 0.3) is 0 Å². The highest BCUT2D eigenvalue weighted by Crippen LogP contribution is 1.69. The molecule has 0 spiro atoms. The normalized spacial score (nSPS) is 8.17. The van der Waals surface area contributed by atoms with Gasteiger partial charge in [-0.2, -0.15) is 0 Å². The van der Waals surface area contributed by atoms with Crippen molar-refractivity contribution in [3.8, 4) is 0 Å². The van der Waals surface area contributed by atoms with E-state index in [1.54, 1.807) is 0 Å². The first-order valence-electron chi connectivity index (χ1n) is 1.67. The van der Waals surface area contributed by atoms with Crippen molar-refractivity contribution < 1.29 is 9.90 Å². The first-order chi connectivity index (χ1) is 2.77. The molecule has 0 aliphatic rings. The number of carbonyl (C=O) groups excluding carboxylic acids is 1. The van der Waals surface area contributed by atoms with Gasteiger partial charge >= 0.3 is 5.97 Å². The van der Waals surface area contributed by atoms with Crippen molar-refractivity contribution in [1.82, 2.24) is 0 Å². The van der Waals surface area contributed by atoms with Crippen LogP contribution >= 0.6 is 0 Å². The summed E-state index contributed by atoms with van der Waals surface area (Å²) in [4.78, 5) is 9.41. The quantitative estimate of drug-likeness (QED) is 0.484. The molecule has 1 radical (unpaired) electrons. The fourth-order valence-electron chi connectivity index (χ4n) is 0.118. The number of nitrogens with two attached hydrogens (primary N) is 1. The molecule has 3 nitrogen and oxygen atoms in total. The molecule has 0 aromatic heterocycles. The van der Waals surface area contributed by atoms with Crippen molar-refractivity contribution >= 4 is 5.97 Å². The monoisotopic (exact) mass is 88.0 g/mol. The third kappa shape index (κ3) is 3.43. The second kappa shape index (κ2) is 2.66. The van der Waals surface area contributed by atoms with Crippen LogP contribution in [0.1, 0.15) is 6.42 Å². The van der Waals surface area contributed by atoms with E-state index < -0.39 is 5.97 Å². The highest BCUT2D eigenvalue weighted by atomic mass is 16.4. The predicted octanol–water partition coefficient (Wildman–Crippen LogP) is -0.708. The summed E-state index contributed by atoms with van der Waals surface area (Å²) in [6.07, 6.45) is -0.0417. The molecule has 0 bridgehead atoms. The summed E-state index contributed by atoms with van der Waals surface area (Å²) < 4.78 is 0. The van der Waals surface area contributed by atoms with Gasteiger partial charge in [0.1, 0.15) is 0 Å². The lowest BCUT2D eigenvalue weighted by atomic mass is 10.5. The van der Waals surface area contributed by atoms with Gasteiger partial charge in [0, 0.05) is 6.54 Å².